The van der Waals surface area contributed by atoms with Crippen molar-refractivity contribution in [2.75, 3.05) is 20.3 Å². The molecule has 0 saturated carbocycles. The molecule has 0 heterocycles. The van der Waals surface area contributed by atoms with E-state index in [2.05, 4.69) is 36.5 Å². The lowest BCUT2D eigenvalue weighted by molar-refractivity contribution is 0.0846. The Labute approximate surface area is 184 Å². The molecule has 0 radical (unpaired) electrons. The topological polar surface area (TPSA) is 79.9 Å². The van der Waals surface area contributed by atoms with Crippen LogP contribution in [-0.4, -0.2) is 43.0 Å². The number of nitrogens with zero attached hydrogens (tertiary/aromatic N) is 1. The Balaban J connectivity index is 1.95. The second-order valence-corrected chi connectivity index (χ2v) is 7.48. The van der Waals surface area contributed by atoms with Crippen LogP contribution < -0.4 is 20.3 Å². The van der Waals surface area contributed by atoms with E-state index in [9.17, 15) is 9.59 Å². The van der Waals surface area contributed by atoms with Crippen molar-refractivity contribution < 1.29 is 19.1 Å². The summed E-state index contributed by atoms with van der Waals surface area (Å²) in [5.74, 6) is 0.210. The largest absolute Gasteiger partial charge is 0.493 e. The SMILES string of the molecule is CCCOc1ccc(C(=O)NNC(=O)c2ccc(CN(CC)C(C)C)cc2)cc1OC. The summed E-state index contributed by atoms with van der Waals surface area (Å²) in [4.78, 5) is 27.1. The predicted octanol–water partition coefficient (Wildman–Crippen LogP) is 3.79. The van der Waals surface area contributed by atoms with Crippen molar-refractivity contribution >= 4 is 11.8 Å². The molecule has 2 aromatic rings. The number of nitrogens with one attached hydrogen (secondary N) is 2. The molecule has 0 atom stereocenters. The fourth-order valence-electron chi connectivity index (χ4n) is 3.05. The summed E-state index contributed by atoms with van der Waals surface area (Å²) in [6, 6.07) is 12.7. The summed E-state index contributed by atoms with van der Waals surface area (Å²) in [5, 5.41) is 0. The lowest BCUT2D eigenvalue weighted by Gasteiger charge is -2.24. The van der Waals surface area contributed by atoms with Crippen molar-refractivity contribution in [3.05, 3.63) is 59.2 Å². The minimum Gasteiger partial charge on any atom is -0.493 e. The van der Waals surface area contributed by atoms with Crippen LogP contribution in [0.5, 0.6) is 11.5 Å². The van der Waals surface area contributed by atoms with Gasteiger partial charge in [-0.1, -0.05) is 26.0 Å². The van der Waals surface area contributed by atoms with Crippen LogP contribution in [0.15, 0.2) is 42.5 Å². The standard InChI is InChI=1S/C24H33N3O4/c1-6-14-31-21-13-12-20(15-22(21)30-5)24(29)26-25-23(28)19-10-8-18(9-11-19)16-27(7-2)17(3)4/h8-13,15,17H,6-7,14,16H2,1-5H3,(H,25,28)(H,26,29). The molecule has 31 heavy (non-hydrogen) atoms. The van der Waals surface area contributed by atoms with Crippen LogP contribution in [0.1, 0.15) is 60.4 Å². The van der Waals surface area contributed by atoms with Crippen molar-refractivity contribution in [1.29, 1.82) is 0 Å². The normalized spacial score (nSPS) is 10.8. The zero-order chi connectivity index (χ0) is 22.8. The van der Waals surface area contributed by atoms with E-state index in [4.69, 9.17) is 9.47 Å². The number of hydrogen-bond acceptors (Lipinski definition) is 5. The number of rotatable bonds is 10. The van der Waals surface area contributed by atoms with Crippen LogP contribution in [0, 0.1) is 0 Å². The van der Waals surface area contributed by atoms with Gasteiger partial charge in [0.25, 0.3) is 11.8 Å². The van der Waals surface area contributed by atoms with Crippen molar-refractivity contribution in [2.24, 2.45) is 0 Å². The summed E-state index contributed by atoms with van der Waals surface area (Å²) in [5.41, 5.74) is 6.85. The molecule has 0 aliphatic heterocycles. The molecule has 0 saturated heterocycles. The van der Waals surface area contributed by atoms with Gasteiger partial charge in [0.15, 0.2) is 11.5 Å². The molecular formula is C24H33N3O4. The average molecular weight is 428 g/mol. The zero-order valence-electron chi connectivity index (χ0n) is 19.0. The quantitative estimate of drug-likeness (QED) is 0.564. The maximum absolute atomic E-state index is 12.4. The van der Waals surface area contributed by atoms with Gasteiger partial charge in [-0.3, -0.25) is 25.3 Å². The second kappa shape index (κ2) is 12.0. The van der Waals surface area contributed by atoms with Crippen LogP contribution in [0.4, 0.5) is 0 Å². The Morgan fingerprint density at radius 1 is 0.935 bits per heavy atom. The van der Waals surface area contributed by atoms with Crippen LogP contribution >= 0.6 is 0 Å². The third-order valence-electron chi connectivity index (χ3n) is 4.92. The van der Waals surface area contributed by atoms with Gasteiger partial charge in [0, 0.05) is 23.7 Å². The molecule has 7 heteroatoms. The van der Waals surface area contributed by atoms with E-state index in [1.54, 1.807) is 30.3 Å². The van der Waals surface area contributed by atoms with Crippen LogP contribution in [0.3, 0.4) is 0 Å². The molecule has 2 aromatic carbocycles. The van der Waals surface area contributed by atoms with Crippen LogP contribution in [-0.2, 0) is 6.54 Å². The zero-order valence-corrected chi connectivity index (χ0v) is 19.0. The van der Waals surface area contributed by atoms with Gasteiger partial charge >= 0.3 is 0 Å². The number of methoxy groups -OCH3 is 1. The highest BCUT2D eigenvalue weighted by molar-refractivity contribution is 5.99. The van der Waals surface area contributed by atoms with Crippen LogP contribution in [0.2, 0.25) is 0 Å². The lowest BCUT2D eigenvalue weighted by Crippen LogP contribution is -2.41. The minimum atomic E-state index is -0.444. The van der Waals surface area contributed by atoms with Gasteiger partial charge in [0.05, 0.1) is 13.7 Å². The van der Waals surface area contributed by atoms with E-state index in [0.717, 1.165) is 25.1 Å². The molecule has 2 amide bonds. The molecular weight excluding hydrogens is 394 g/mol. The fourth-order valence-corrected chi connectivity index (χ4v) is 3.05. The van der Waals surface area contributed by atoms with E-state index in [0.29, 0.717) is 35.3 Å². The molecule has 0 bridgehead atoms. The third kappa shape index (κ3) is 7.00. The summed E-state index contributed by atoms with van der Waals surface area (Å²) < 4.78 is 10.9. The molecule has 0 spiro atoms. The smallest absolute Gasteiger partial charge is 0.269 e. The first-order chi connectivity index (χ1) is 14.9. The lowest BCUT2D eigenvalue weighted by atomic mass is 10.1. The molecule has 0 unspecified atom stereocenters. The van der Waals surface area contributed by atoms with Crippen molar-refractivity contribution in [2.45, 2.75) is 46.7 Å². The van der Waals surface area contributed by atoms with Gasteiger partial charge in [0.1, 0.15) is 0 Å². The number of amides is 2. The first-order valence-corrected chi connectivity index (χ1v) is 10.6. The van der Waals surface area contributed by atoms with Gasteiger partial charge in [-0.15, -0.1) is 0 Å². The van der Waals surface area contributed by atoms with Gasteiger partial charge in [-0.25, -0.2) is 0 Å². The number of carbonyl (C=O) groups excluding carboxylic acids is 2. The highest BCUT2D eigenvalue weighted by Gasteiger charge is 2.13. The molecule has 2 rings (SSSR count). The number of benzene rings is 2. The minimum absolute atomic E-state index is 0.352. The maximum atomic E-state index is 12.4. The van der Waals surface area contributed by atoms with Crippen molar-refractivity contribution in [1.82, 2.24) is 15.8 Å². The summed E-state index contributed by atoms with van der Waals surface area (Å²) in [7, 11) is 1.52. The molecule has 0 aliphatic rings. The highest BCUT2D eigenvalue weighted by Crippen LogP contribution is 2.28. The molecule has 168 valence electrons. The van der Waals surface area contributed by atoms with Gasteiger partial charge in [-0.2, -0.15) is 0 Å². The predicted molar refractivity (Wildman–Crippen MR) is 121 cm³/mol. The van der Waals surface area contributed by atoms with Crippen LogP contribution in [0.25, 0.3) is 0 Å². The summed E-state index contributed by atoms with van der Waals surface area (Å²) in [6.07, 6.45) is 0.868. The van der Waals surface area contributed by atoms with Crippen molar-refractivity contribution in [3.63, 3.8) is 0 Å². The number of ether oxygens (including phenoxy) is 2. The van der Waals surface area contributed by atoms with E-state index < -0.39 is 5.91 Å². The van der Waals surface area contributed by atoms with Crippen molar-refractivity contribution in [3.8, 4) is 11.5 Å². The molecule has 0 aromatic heterocycles. The summed E-state index contributed by atoms with van der Waals surface area (Å²) >= 11 is 0. The van der Waals surface area contributed by atoms with E-state index in [1.807, 2.05) is 19.1 Å². The Kier molecular flexibility index (Phi) is 9.34. The van der Waals surface area contributed by atoms with E-state index >= 15 is 0 Å². The van der Waals surface area contributed by atoms with E-state index in [-0.39, 0.29) is 5.91 Å². The first kappa shape index (κ1) is 24.2. The first-order valence-electron chi connectivity index (χ1n) is 10.6. The fraction of sp³-hybridized carbons (Fsp3) is 0.417. The Hall–Kier alpha value is -3.06. The Bertz CT molecular complexity index is 866. The Morgan fingerprint density at radius 3 is 2.10 bits per heavy atom. The Morgan fingerprint density at radius 2 is 1.55 bits per heavy atom. The second-order valence-electron chi connectivity index (χ2n) is 7.48. The van der Waals surface area contributed by atoms with Gasteiger partial charge in [-0.05, 0) is 62.7 Å². The monoisotopic (exact) mass is 427 g/mol. The molecule has 2 N–H and O–H groups in total. The average Bonchev–Trinajstić information content (AvgIpc) is 2.79. The summed E-state index contributed by atoms with van der Waals surface area (Å²) in [6.45, 7) is 10.8. The molecule has 7 nitrogen and oxygen atoms in total. The number of carbonyl (C=O) groups is 2. The number of hydrazine groups is 1. The number of hydrogen-bond donors (Lipinski definition) is 2. The van der Waals surface area contributed by atoms with E-state index in [1.165, 1.54) is 7.11 Å². The highest BCUT2D eigenvalue weighted by atomic mass is 16.5. The third-order valence-corrected chi connectivity index (χ3v) is 4.92. The van der Waals surface area contributed by atoms with Gasteiger partial charge in [0.2, 0.25) is 0 Å². The maximum Gasteiger partial charge on any atom is 0.269 e. The molecule has 0 aliphatic carbocycles. The molecule has 0 fully saturated rings. The van der Waals surface area contributed by atoms with Gasteiger partial charge < -0.3 is 9.47 Å².